The Morgan fingerprint density at radius 2 is 2.15 bits per heavy atom. The number of nitrogens with zero attached hydrogens (tertiary/aromatic N) is 1. The third-order valence-electron chi connectivity index (χ3n) is 4.60. The highest BCUT2D eigenvalue weighted by atomic mass is 35.5. The van der Waals surface area contributed by atoms with Gasteiger partial charge in [0.2, 0.25) is 0 Å². The van der Waals surface area contributed by atoms with E-state index in [-0.39, 0.29) is 18.3 Å². The molecule has 2 aromatic rings. The Bertz CT molecular complexity index is 761. The highest BCUT2D eigenvalue weighted by molar-refractivity contribution is 7.15. The number of anilines is 1. The standard InChI is InChI=1S/C18H22ClN3O2S.ClH/c1-12-3-4-13(10-15(12)19)9-14-11-21-17(25-14)22-16(23)18(24-2)5-7-20-8-6-18;/h3-4,10-11,20H,5-9H2,1-2H3,(H,21,22,23);1H. The Kier molecular flexibility index (Phi) is 7.43. The maximum atomic E-state index is 12.7. The maximum Gasteiger partial charge on any atom is 0.258 e. The van der Waals surface area contributed by atoms with Gasteiger partial charge in [-0.05, 0) is 50.0 Å². The number of benzene rings is 1. The monoisotopic (exact) mass is 415 g/mol. The predicted molar refractivity (Wildman–Crippen MR) is 109 cm³/mol. The van der Waals surface area contributed by atoms with Crippen LogP contribution < -0.4 is 10.6 Å². The van der Waals surface area contributed by atoms with E-state index in [0.29, 0.717) is 18.0 Å². The number of carbonyl (C=O) groups is 1. The zero-order valence-corrected chi connectivity index (χ0v) is 17.2. The van der Waals surface area contributed by atoms with E-state index in [1.807, 2.05) is 19.1 Å². The van der Waals surface area contributed by atoms with Crippen molar-refractivity contribution in [3.63, 3.8) is 0 Å². The molecule has 2 N–H and O–H groups in total. The molecule has 0 bridgehead atoms. The molecular formula is C18H23Cl2N3O2S. The first kappa shape index (κ1) is 21.1. The van der Waals surface area contributed by atoms with Crippen molar-refractivity contribution in [3.05, 3.63) is 45.4 Å². The number of hydrogen-bond acceptors (Lipinski definition) is 5. The summed E-state index contributed by atoms with van der Waals surface area (Å²) >= 11 is 7.67. The number of piperidine rings is 1. The summed E-state index contributed by atoms with van der Waals surface area (Å²) in [5.74, 6) is -0.115. The third-order valence-corrected chi connectivity index (χ3v) is 5.92. The van der Waals surface area contributed by atoms with Crippen LogP contribution in [0, 0.1) is 6.92 Å². The number of nitrogens with one attached hydrogen (secondary N) is 2. The SMILES string of the molecule is COC1(C(=O)Nc2ncc(Cc3ccc(C)c(Cl)c3)s2)CCNCC1.Cl. The molecule has 1 aliphatic rings. The molecule has 8 heteroatoms. The first-order chi connectivity index (χ1) is 12.0. The average Bonchev–Trinajstić information content (AvgIpc) is 3.05. The Labute approximate surface area is 168 Å². The van der Waals surface area contributed by atoms with Crippen molar-refractivity contribution in [2.75, 3.05) is 25.5 Å². The van der Waals surface area contributed by atoms with Gasteiger partial charge in [0.15, 0.2) is 5.13 Å². The number of amides is 1. The molecule has 1 amide bonds. The molecule has 1 fully saturated rings. The molecule has 0 unspecified atom stereocenters. The number of methoxy groups -OCH3 is 1. The zero-order valence-electron chi connectivity index (χ0n) is 14.8. The van der Waals surface area contributed by atoms with Gasteiger partial charge >= 0.3 is 0 Å². The van der Waals surface area contributed by atoms with Crippen molar-refractivity contribution in [2.24, 2.45) is 0 Å². The summed E-state index contributed by atoms with van der Waals surface area (Å²) in [6, 6.07) is 6.05. The van der Waals surface area contributed by atoms with Crippen LogP contribution >= 0.6 is 35.3 Å². The molecule has 142 valence electrons. The van der Waals surface area contributed by atoms with E-state index < -0.39 is 5.60 Å². The lowest BCUT2D eigenvalue weighted by Gasteiger charge is -2.34. The van der Waals surface area contributed by atoms with Crippen molar-refractivity contribution < 1.29 is 9.53 Å². The van der Waals surface area contributed by atoms with E-state index in [0.717, 1.165) is 40.5 Å². The number of hydrogen-bond donors (Lipinski definition) is 2. The first-order valence-corrected chi connectivity index (χ1v) is 9.49. The van der Waals surface area contributed by atoms with Crippen molar-refractivity contribution in [3.8, 4) is 0 Å². The van der Waals surface area contributed by atoms with Crippen LogP contribution in [0.5, 0.6) is 0 Å². The molecule has 1 aromatic carbocycles. The van der Waals surface area contributed by atoms with Crippen molar-refractivity contribution >= 4 is 46.4 Å². The molecule has 0 aliphatic carbocycles. The fraction of sp³-hybridized carbons (Fsp3) is 0.444. The number of carbonyl (C=O) groups excluding carboxylic acids is 1. The molecule has 5 nitrogen and oxygen atoms in total. The van der Waals surface area contributed by atoms with Crippen molar-refractivity contribution in [1.82, 2.24) is 10.3 Å². The molecule has 0 saturated carbocycles. The summed E-state index contributed by atoms with van der Waals surface area (Å²) in [5, 5.41) is 7.54. The predicted octanol–water partition coefficient (Wildman–Crippen LogP) is 3.82. The number of aromatic nitrogens is 1. The van der Waals surface area contributed by atoms with Gasteiger partial charge in [0.1, 0.15) is 5.60 Å². The highest BCUT2D eigenvalue weighted by Crippen LogP contribution is 2.27. The number of halogens is 2. The molecule has 0 radical (unpaired) electrons. The Morgan fingerprint density at radius 1 is 1.42 bits per heavy atom. The summed E-state index contributed by atoms with van der Waals surface area (Å²) in [7, 11) is 1.60. The fourth-order valence-corrected chi connectivity index (χ4v) is 4.00. The van der Waals surface area contributed by atoms with Gasteiger partial charge in [0, 0.05) is 29.6 Å². The minimum atomic E-state index is -0.762. The lowest BCUT2D eigenvalue weighted by molar-refractivity contribution is -0.140. The molecule has 0 atom stereocenters. The van der Waals surface area contributed by atoms with Crippen LogP contribution in [-0.4, -0.2) is 36.7 Å². The lowest BCUT2D eigenvalue weighted by atomic mass is 9.91. The summed E-state index contributed by atoms with van der Waals surface area (Å²) < 4.78 is 5.55. The van der Waals surface area contributed by atoms with Gasteiger partial charge in [-0.15, -0.1) is 23.7 Å². The molecule has 1 aliphatic heterocycles. The summed E-state index contributed by atoms with van der Waals surface area (Å²) in [6.07, 6.45) is 3.87. The van der Waals surface area contributed by atoms with E-state index >= 15 is 0 Å². The number of rotatable bonds is 5. The summed E-state index contributed by atoms with van der Waals surface area (Å²) in [5.41, 5.74) is 1.43. The lowest BCUT2D eigenvalue weighted by Crippen LogP contribution is -2.51. The van der Waals surface area contributed by atoms with E-state index in [9.17, 15) is 4.79 Å². The van der Waals surface area contributed by atoms with Gasteiger partial charge in [0.05, 0.1) is 0 Å². The summed E-state index contributed by atoms with van der Waals surface area (Å²) in [4.78, 5) is 18.1. The highest BCUT2D eigenvalue weighted by Gasteiger charge is 2.40. The van der Waals surface area contributed by atoms with Gasteiger partial charge in [-0.3, -0.25) is 10.1 Å². The van der Waals surface area contributed by atoms with E-state index in [4.69, 9.17) is 16.3 Å². The third kappa shape index (κ3) is 4.75. The molecular weight excluding hydrogens is 393 g/mol. The van der Waals surface area contributed by atoms with Crippen LogP contribution in [0.4, 0.5) is 5.13 Å². The smallest absolute Gasteiger partial charge is 0.258 e. The second-order valence-corrected chi connectivity index (χ2v) is 7.82. The van der Waals surface area contributed by atoms with Crippen molar-refractivity contribution in [1.29, 1.82) is 0 Å². The quantitative estimate of drug-likeness (QED) is 0.778. The van der Waals surface area contributed by atoms with Crippen LogP contribution in [-0.2, 0) is 16.0 Å². The molecule has 1 aromatic heterocycles. The molecule has 3 rings (SSSR count). The van der Waals surface area contributed by atoms with Crippen LogP contribution in [0.1, 0.15) is 28.8 Å². The van der Waals surface area contributed by atoms with Crippen LogP contribution in [0.3, 0.4) is 0 Å². The normalized spacial score (nSPS) is 16.0. The fourth-order valence-electron chi connectivity index (χ4n) is 2.96. The van der Waals surface area contributed by atoms with E-state index in [1.165, 1.54) is 11.3 Å². The Hall–Kier alpha value is -1.18. The Morgan fingerprint density at radius 3 is 2.81 bits per heavy atom. The maximum absolute atomic E-state index is 12.7. The molecule has 1 saturated heterocycles. The van der Waals surface area contributed by atoms with Crippen LogP contribution in [0.2, 0.25) is 5.02 Å². The number of ether oxygens (including phenoxy) is 1. The van der Waals surface area contributed by atoms with E-state index in [1.54, 1.807) is 13.3 Å². The molecule has 0 spiro atoms. The van der Waals surface area contributed by atoms with E-state index in [2.05, 4.69) is 21.7 Å². The minimum Gasteiger partial charge on any atom is -0.368 e. The first-order valence-electron chi connectivity index (χ1n) is 8.29. The van der Waals surface area contributed by atoms with Gasteiger partial charge in [-0.25, -0.2) is 4.98 Å². The van der Waals surface area contributed by atoms with Gasteiger partial charge in [0.25, 0.3) is 5.91 Å². The number of thiazole rings is 1. The topological polar surface area (TPSA) is 63.2 Å². The second-order valence-electron chi connectivity index (χ2n) is 6.29. The van der Waals surface area contributed by atoms with Gasteiger partial charge < -0.3 is 10.1 Å². The second kappa shape index (κ2) is 9.15. The van der Waals surface area contributed by atoms with Crippen molar-refractivity contribution in [2.45, 2.75) is 31.8 Å². The van der Waals surface area contributed by atoms with Crippen LogP contribution in [0.25, 0.3) is 0 Å². The number of aryl methyl sites for hydroxylation is 1. The summed E-state index contributed by atoms with van der Waals surface area (Å²) in [6.45, 7) is 3.54. The molecule has 2 heterocycles. The van der Waals surface area contributed by atoms with Gasteiger partial charge in [-0.1, -0.05) is 23.7 Å². The zero-order chi connectivity index (χ0) is 17.9. The largest absolute Gasteiger partial charge is 0.368 e. The Balaban J connectivity index is 0.00000243. The van der Waals surface area contributed by atoms with Crippen LogP contribution in [0.15, 0.2) is 24.4 Å². The molecule has 26 heavy (non-hydrogen) atoms. The average molecular weight is 416 g/mol. The minimum absolute atomic E-state index is 0. The van der Waals surface area contributed by atoms with Gasteiger partial charge in [-0.2, -0.15) is 0 Å².